The van der Waals surface area contributed by atoms with Gasteiger partial charge in [0.2, 0.25) is 0 Å². The fraction of sp³-hybridized carbons (Fsp3) is 0.917. The number of carbonyl (C=O) groups excluding carboxylic acids is 1. The van der Waals surface area contributed by atoms with Crippen LogP contribution < -0.4 is 0 Å². The van der Waals surface area contributed by atoms with Gasteiger partial charge in [0.1, 0.15) is 0 Å². The number of ether oxygens (including phenoxy) is 1. The summed E-state index contributed by atoms with van der Waals surface area (Å²) >= 11 is 0. The Morgan fingerprint density at radius 1 is 1.27 bits per heavy atom. The van der Waals surface area contributed by atoms with Crippen molar-refractivity contribution in [1.29, 1.82) is 0 Å². The maximum absolute atomic E-state index is 11.3. The minimum absolute atomic E-state index is 0.0202. The molecule has 0 aliphatic rings. The Bertz CT molecular complexity index is 168. The summed E-state index contributed by atoms with van der Waals surface area (Å²) in [5.41, 5.74) is 0. The average Bonchev–Trinajstić information content (AvgIpc) is 2.26. The number of aliphatic hydroxyl groups excluding tert-OH is 1. The topological polar surface area (TPSA) is 46.5 Å². The zero-order valence-corrected chi connectivity index (χ0v) is 10.2. The molecule has 0 fully saturated rings. The van der Waals surface area contributed by atoms with Crippen molar-refractivity contribution in [3.63, 3.8) is 0 Å². The van der Waals surface area contributed by atoms with E-state index in [0.29, 0.717) is 6.61 Å². The smallest absolute Gasteiger partial charge is 0.335 e. The minimum atomic E-state index is -0.957. The number of hydrogen-bond acceptors (Lipinski definition) is 3. The molecule has 2 unspecified atom stereocenters. The lowest BCUT2D eigenvalue weighted by Crippen LogP contribution is -2.29. The van der Waals surface area contributed by atoms with Gasteiger partial charge in [0.25, 0.3) is 0 Å². The highest BCUT2D eigenvalue weighted by molar-refractivity contribution is 5.74. The minimum Gasteiger partial charge on any atom is -0.464 e. The molecule has 2 atom stereocenters. The molecule has 0 amide bonds. The lowest BCUT2D eigenvalue weighted by Gasteiger charge is -2.15. The molecular formula is C12H24O3. The second kappa shape index (κ2) is 8.72. The van der Waals surface area contributed by atoms with Crippen LogP contribution in [-0.2, 0) is 9.53 Å². The van der Waals surface area contributed by atoms with Gasteiger partial charge >= 0.3 is 5.97 Å². The third-order valence-electron chi connectivity index (χ3n) is 2.67. The normalized spacial score (nSPS) is 14.7. The number of aliphatic hydroxyl groups is 1. The molecular weight excluding hydrogens is 192 g/mol. The highest BCUT2D eigenvalue weighted by Crippen LogP contribution is 2.09. The highest BCUT2D eigenvalue weighted by Gasteiger charge is 2.21. The molecule has 0 heterocycles. The van der Waals surface area contributed by atoms with Gasteiger partial charge in [-0.05, 0) is 12.3 Å². The van der Waals surface area contributed by atoms with Crippen molar-refractivity contribution in [2.45, 2.75) is 59.0 Å². The van der Waals surface area contributed by atoms with Crippen LogP contribution in [0.5, 0.6) is 0 Å². The Morgan fingerprint density at radius 3 is 2.47 bits per heavy atom. The van der Waals surface area contributed by atoms with Gasteiger partial charge in [-0.3, -0.25) is 0 Å². The summed E-state index contributed by atoms with van der Waals surface area (Å²) in [5, 5.41) is 9.51. The van der Waals surface area contributed by atoms with Crippen molar-refractivity contribution >= 4 is 5.97 Å². The molecule has 0 aliphatic carbocycles. The van der Waals surface area contributed by atoms with E-state index in [1.807, 2.05) is 13.8 Å². The fourth-order valence-corrected chi connectivity index (χ4v) is 1.24. The fourth-order valence-electron chi connectivity index (χ4n) is 1.24. The molecule has 0 aliphatic heterocycles. The third kappa shape index (κ3) is 6.50. The summed E-state index contributed by atoms with van der Waals surface area (Å²) in [5.74, 6) is -0.492. The second-order valence-corrected chi connectivity index (χ2v) is 4.06. The zero-order valence-electron chi connectivity index (χ0n) is 10.2. The van der Waals surface area contributed by atoms with Gasteiger partial charge in [-0.2, -0.15) is 0 Å². The molecule has 3 nitrogen and oxygen atoms in total. The monoisotopic (exact) mass is 216 g/mol. The first-order chi connectivity index (χ1) is 7.13. The van der Waals surface area contributed by atoms with Gasteiger partial charge in [-0.1, -0.05) is 46.5 Å². The van der Waals surface area contributed by atoms with Crippen molar-refractivity contribution in [2.75, 3.05) is 6.61 Å². The first-order valence-electron chi connectivity index (χ1n) is 5.98. The van der Waals surface area contributed by atoms with Gasteiger partial charge in [0.15, 0.2) is 6.10 Å². The summed E-state index contributed by atoms with van der Waals surface area (Å²) in [7, 11) is 0. The quantitative estimate of drug-likeness (QED) is 0.501. The average molecular weight is 216 g/mol. The van der Waals surface area contributed by atoms with Crippen LogP contribution in [0, 0.1) is 5.92 Å². The summed E-state index contributed by atoms with van der Waals surface area (Å²) in [4.78, 5) is 11.3. The van der Waals surface area contributed by atoms with Crippen LogP contribution in [0.2, 0.25) is 0 Å². The van der Waals surface area contributed by atoms with E-state index in [4.69, 9.17) is 4.74 Å². The van der Waals surface area contributed by atoms with E-state index in [0.717, 1.165) is 19.3 Å². The number of esters is 1. The van der Waals surface area contributed by atoms with Crippen LogP contribution in [-0.4, -0.2) is 23.8 Å². The first-order valence-corrected chi connectivity index (χ1v) is 5.98. The first kappa shape index (κ1) is 14.4. The van der Waals surface area contributed by atoms with E-state index < -0.39 is 12.1 Å². The van der Waals surface area contributed by atoms with E-state index in [-0.39, 0.29) is 5.92 Å². The van der Waals surface area contributed by atoms with Crippen molar-refractivity contribution in [2.24, 2.45) is 5.92 Å². The lowest BCUT2D eigenvalue weighted by atomic mass is 10.0. The number of unbranched alkanes of at least 4 members (excludes halogenated alkanes) is 3. The predicted molar refractivity (Wildman–Crippen MR) is 60.6 cm³/mol. The van der Waals surface area contributed by atoms with Crippen LogP contribution >= 0.6 is 0 Å². The standard InChI is InChI=1S/C12H24O3/c1-4-6-7-8-9-15-12(14)11(13)10(3)5-2/h10-11,13H,4-9H2,1-3H3. The summed E-state index contributed by atoms with van der Waals surface area (Å²) in [6.45, 7) is 6.37. The molecule has 0 bridgehead atoms. The van der Waals surface area contributed by atoms with Crippen LogP contribution in [0.1, 0.15) is 52.9 Å². The molecule has 90 valence electrons. The molecule has 0 rings (SSSR count). The molecule has 3 heteroatoms. The van der Waals surface area contributed by atoms with E-state index in [1.54, 1.807) is 0 Å². The SMILES string of the molecule is CCCCCCOC(=O)C(O)C(C)CC. The molecule has 1 N–H and O–H groups in total. The Labute approximate surface area is 92.8 Å². The Balaban J connectivity index is 3.56. The van der Waals surface area contributed by atoms with Crippen LogP contribution in [0.3, 0.4) is 0 Å². The number of hydrogen-bond donors (Lipinski definition) is 1. The van der Waals surface area contributed by atoms with Crippen molar-refractivity contribution in [3.8, 4) is 0 Å². The molecule has 0 saturated heterocycles. The van der Waals surface area contributed by atoms with Crippen molar-refractivity contribution in [1.82, 2.24) is 0 Å². The molecule has 0 saturated carbocycles. The van der Waals surface area contributed by atoms with Crippen molar-refractivity contribution in [3.05, 3.63) is 0 Å². The maximum atomic E-state index is 11.3. The van der Waals surface area contributed by atoms with E-state index >= 15 is 0 Å². The number of carbonyl (C=O) groups is 1. The van der Waals surface area contributed by atoms with Crippen molar-refractivity contribution < 1.29 is 14.6 Å². The van der Waals surface area contributed by atoms with Gasteiger partial charge in [0, 0.05) is 0 Å². The molecule has 0 aromatic rings. The van der Waals surface area contributed by atoms with Crippen LogP contribution in [0.4, 0.5) is 0 Å². The second-order valence-electron chi connectivity index (χ2n) is 4.06. The molecule has 0 radical (unpaired) electrons. The van der Waals surface area contributed by atoms with Crippen LogP contribution in [0.15, 0.2) is 0 Å². The molecule has 15 heavy (non-hydrogen) atoms. The third-order valence-corrected chi connectivity index (χ3v) is 2.67. The van der Waals surface area contributed by atoms with Gasteiger partial charge < -0.3 is 9.84 Å². The highest BCUT2D eigenvalue weighted by atomic mass is 16.5. The number of rotatable bonds is 8. The van der Waals surface area contributed by atoms with Crippen LogP contribution in [0.25, 0.3) is 0 Å². The molecule has 0 spiro atoms. The van der Waals surface area contributed by atoms with E-state index in [9.17, 15) is 9.90 Å². The summed E-state index contributed by atoms with van der Waals surface area (Å²) < 4.78 is 4.98. The van der Waals surface area contributed by atoms with Gasteiger partial charge in [-0.15, -0.1) is 0 Å². The summed E-state index contributed by atoms with van der Waals surface area (Å²) in [6, 6.07) is 0. The lowest BCUT2D eigenvalue weighted by molar-refractivity contribution is -0.156. The molecule has 0 aromatic heterocycles. The zero-order chi connectivity index (χ0) is 11.7. The van der Waals surface area contributed by atoms with E-state index in [2.05, 4.69) is 6.92 Å². The Kier molecular flexibility index (Phi) is 8.38. The largest absolute Gasteiger partial charge is 0.464 e. The summed E-state index contributed by atoms with van der Waals surface area (Å²) in [6.07, 6.45) is 4.15. The maximum Gasteiger partial charge on any atom is 0.335 e. The van der Waals surface area contributed by atoms with E-state index in [1.165, 1.54) is 12.8 Å². The molecule has 0 aromatic carbocycles. The van der Waals surface area contributed by atoms with Gasteiger partial charge in [-0.25, -0.2) is 4.79 Å². The Morgan fingerprint density at radius 2 is 1.93 bits per heavy atom. The van der Waals surface area contributed by atoms with Gasteiger partial charge in [0.05, 0.1) is 6.61 Å². The Hall–Kier alpha value is -0.570. The predicted octanol–water partition coefficient (Wildman–Crippen LogP) is 2.52.